The minimum absolute atomic E-state index is 0.144. The molecule has 7 nitrogen and oxygen atoms in total. The summed E-state index contributed by atoms with van der Waals surface area (Å²) in [4.78, 5) is 11.4. The fourth-order valence-corrected chi connectivity index (χ4v) is 2.00. The Morgan fingerprint density at radius 3 is 3.00 bits per heavy atom. The highest BCUT2D eigenvalue weighted by Crippen LogP contribution is 2.18. The number of carbonyl (C=O) groups is 1. The molecule has 1 aromatic rings. The lowest BCUT2D eigenvalue weighted by atomic mass is 10.1. The average molecular weight is 239 g/mol. The normalized spacial score (nSPS) is 17.0. The number of esters is 1. The zero-order valence-electron chi connectivity index (χ0n) is 9.93. The first-order valence-electron chi connectivity index (χ1n) is 5.94. The van der Waals surface area contributed by atoms with E-state index >= 15 is 0 Å². The maximum Gasteiger partial charge on any atom is 0.313 e. The van der Waals surface area contributed by atoms with Gasteiger partial charge in [0, 0.05) is 0 Å². The van der Waals surface area contributed by atoms with E-state index in [2.05, 4.69) is 20.8 Å². The van der Waals surface area contributed by atoms with Gasteiger partial charge in [-0.3, -0.25) is 4.79 Å². The highest BCUT2D eigenvalue weighted by atomic mass is 16.5. The van der Waals surface area contributed by atoms with Crippen molar-refractivity contribution in [3.05, 3.63) is 5.82 Å². The summed E-state index contributed by atoms with van der Waals surface area (Å²) < 4.78 is 6.66. The molecule has 0 aliphatic carbocycles. The van der Waals surface area contributed by atoms with Gasteiger partial charge in [-0.25, -0.2) is 4.68 Å². The first-order valence-corrected chi connectivity index (χ1v) is 5.94. The third-order valence-electron chi connectivity index (χ3n) is 2.82. The van der Waals surface area contributed by atoms with Gasteiger partial charge in [-0.15, -0.1) is 5.10 Å². The first-order chi connectivity index (χ1) is 8.31. The molecule has 0 saturated carbocycles. The predicted molar refractivity (Wildman–Crippen MR) is 59.3 cm³/mol. The summed E-state index contributed by atoms with van der Waals surface area (Å²) in [7, 11) is 0. The summed E-state index contributed by atoms with van der Waals surface area (Å²) in [6.07, 6.45) is 2.12. The number of ether oxygens (including phenoxy) is 1. The van der Waals surface area contributed by atoms with Crippen LogP contribution in [0.3, 0.4) is 0 Å². The van der Waals surface area contributed by atoms with Gasteiger partial charge in [0.15, 0.2) is 5.82 Å². The van der Waals surface area contributed by atoms with E-state index < -0.39 is 0 Å². The summed E-state index contributed by atoms with van der Waals surface area (Å²) in [5.41, 5.74) is 0. The Bertz CT molecular complexity index is 373. The van der Waals surface area contributed by atoms with Gasteiger partial charge in [0.05, 0.1) is 12.6 Å². The third kappa shape index (κ3) is 3.00. The van der Waals surface area contributed by atoms with Crippen molar-refractivity contribution >= 4 is 5.97 Å². The molecule has 0 spiro atoms. The summed E-state index contributed by atoms with van der Waals surface area (Å²) in [6, 6.07) is 0.288. The highest BCUT2D eigenvalue weighted by molar-refractivity contribution is 5.71. The number of tetrazole rings is 1. The molecule has 0 atom stereocenters. The second kappa shape index (κ2) is 5.72. The van der Waals surface area contributed by atoms with E-state index in [0.29, 0.717) is 12.4 Å². The topological polar surface area (TPSA) is 81.9 Å². The number of carbonyl (C=O) groups excluding carboxylic acids is 1. The SMILES string of the molecule is CCOC(=O)Cc1nnnn1C1CCNCC1. The molecule has 17 heavy (non-hydrogen) atoms. The van der Waals surface area contributed by atoms with Crippen LogP contribution in [0, 0.1) is 0 Å². The molecule has 94 valence electrons. The smallest absolute Gasteiger partial charge is 0.313 e. The van der Waals surface area contributed by atoms with E-state index in [9.17, 15) is 4.79 Å². The van der Waals surface area contributed by atoms with Gasteiger partial charge in [0.2, 0.25) is 0 Å². The minimum Gasteiger partial charge on any atom is -0.466 e. The Morgan fingerprint density at radius 2 is 2.29 bits per heavy atom. The summed E-state index contributed by atoms with van der Waals surface area (Å²) >= 11 is 0. The minimum atomic E-state index is -0.280. The second-order valence-corrected chi connectivity index (χ2v) is 4.00. The van der Waals surface area contributed by atoms with E-state index in [1.807, 2.05) is 0 Å². The van der Waals surface area contributed by atoms with Crippen molar-refractivity contribution in [2.24, 2.45) is 0 Å². The standard InChI is InChI=1S/C10H17N5O2/c1-2-17-10(16)7-9-12-13-14-15(9)8-3-5-11-6-4-8/h8,11H,2-7H2,1H3. The molecular weight excluding hydrogens is 222 g/mol. The number of nitrogens with one attached hydrogen (secondary N) is 1. The number of hydrogen-bond donors (Lipinski definition) is 1. The lowest BCUT2D eigenvalue weighted by molar-refractivity contribution is -0.142. The van der Waals surface area contributed by atoms with Gasteiger partial charge in [0.25, 0.3) is 0 Å². The van der Waals surface area contributed by atoms with Crippen LogP contribution in [0.2, 0.25) is 0 Å². The van der Waals surface area contributed by atoms with Crippen LogP contribution in [0.15, 0.2) is 0 Å². The molecule has 1 aliphatic rings. The largest absolute Gasteiger partial charge is 0.466 e. The molecule has 0 aromatic carbocycles. The Kier molecular flexibility index (Phi) is 4.03. The molecule has 1 N–H and O–H groups in total. The number of hydrogen-bond acceptors (Lipinski definition) is 6. The van der Waals surface area contributed by atoms with Gasteiger partial charge < -0.3 is 10.1 Å². The fourth-order valence-electron chi connectivity index (χ4n) is 2.00. The van der Waals surface area contributed by atoms with Crippen LogP contribution in [-0.2, 0) is 16.0 Å². The van der Waals surface area contributed by atoms with Crippen molar-refractivity contribution < 1.29 is 9.53 Å². The van der Waals surface area contributed by atoms with Crippen molar-refractivity contribution in [2.75, 3.05) is 19.7 Å². The zero-order valence-corrected chi connectivity index (χ0v) is 9.93. The molecule has 2 heterocycles. The summed E-state index contributed by atoms with van der Waals surface area (Å²) in [5, 5.41) is 14.8. The second-order valence-electron chi connectivity index (χ2n) is 4.00. The van der Waals surface area contributed by atoms with Gasteiger partial charge >= 0.3 is 5.97 Å². The molecule has 1 fully saturated rings. The molecule has 1 aromatic heterocycles. The molecule has 0 amide bonds. The van der Waals surface area contributed by atoms with E-state index in [0.717, 1.165) is 25.9 Å². The molecule has 1 saturated heterocycles. The Morgan fingerprint density at radius 1 is 1.53 bits per heavy atom. The van der Waals surface area contributed by atoms with Crippen molar-refractivity contribution in [1.29, 1.82) is 0 Å². The molecule has 2 rings (SSSR count). The quantitative estimate of drug-likeness (QED) is 0.727. The molecule has 1 aliphatic heterocycles. The number of aromatic nitrogens is 4. The number of piperidine rings is 1. The number of rotatable bonds is 4. The van der Waals surface area contributed by atoms with Crippen LogP contribution in [0.4, 0.5) is 0 Å². The highest BCUT2D eigenvalue weighted by Gasteiger charge is 2.21. The maximum atomic E-state index is 11.4. The van der Waals surface area contributed by atoms with Gasteiger partial charge in [0.1, 0.15) is 6.42 Å². The predicted octanol–water partition coefficient (Wildman–Crippen LogP) is -0.297. The molecular formula is C10H17N5O2. The van der Waals surface area contributed by atoms with Crippen molar-refractivity contribution in [1.82, 2.24) is 25.5 Å². The van der Waals surface area contributed by atoms with Crippen LogP contribution in [0.5, 0.6) is 0 Å². The summed E-state index contributed by atoms with van der Waals surface area (Å²) in [6.45, 7) is 4.09. The lowest BCUT2D eigenvalue weighted by Crippen LogP contribution is -2.31. The van der Waals surface area contributed by atoms with Crippen molar-refractivity contribution in [2.45, 2.75) is 32.2 Å². The third-order valence-corrected chi connectivity index (χ3v) is 2.82. The van der Waals surface area contributed by atoms with Crippen molar-refractivity contribution in [3.63, 3.8) is 0 Å². The zero-order chi connectivity index (χ0) is 12.1. The maximum absolute atomic E-state index is 11.4. The lowest BCUT2D eigenvalue weighted by Gasteiger charge is -2.23. The van der Waals surface area contributed by atoms with Gasteiger partial charge in [-0.1, -0.05) is 0 Å². The average Bonchev–Trinajstić information content (AvgIpc) is 2.78. The van der Waals surface area contributed by atoms with Crippen LogP contribution in [0.1, 0.15) is 31.6 Å². The molecule has 7 heteroatoms. The van der Waals surface area contributed by atoms with Gasteiger partial charge in [-0.2, -0.15) is 0 Å². The van der Waals surface area contributed by atoms with Crippen LogP contribution < -0.4 is 5.32 Å². The van der Waals surface area contributed by atoms with E-state index in [-0.39, 0.29) is 18.4 Å². The Hall–Kier alpha value is -1.50. The fraction of sp³-hybridized carbons (Fsp3) is 0.800. The molecule has 0 radical (unpaired) electrons. The first kappa shape index (κ1) is 12.0. The van der Waals surface area contributed by atoms with Crippen LogP contribution in [0.25, 0.3) is 0 Å². The van der Waals surface area contributed by atoms with Crippen LogP contribution in [-0.4, -0.2) is 45.9 Å². The Labute approximate surface area is 99.5 Å². The number of nitrogens with zero attached hydrogens (tertiary/aromatic N) is 4. The van der Waals surface area contributed by atoms with Crippen molar-refractivity contribution in [3.8, 4) is 0 Å². The Balaban J connectivity index is 2.02. The molecule has 0 unspecified atom stereocenters. The monoisotopic (exact) mass is 239 g/mol. The van der Waals surface area contributed by atoms with Gasteiger partial charge in [-0.05, 0) is 43.3 Å². The van der Waals surface area contributed by atoms with E-state index in [1.54, 1.807) is 11.6 Å². The molecule has 0 bridgehead atoms. The van der Waals surface area contributed by atoms with E-state index in [1.165, 1.54) is 0 Å². The van der Waals surface area contributed by atoms with Crippen LogP contribution >= 0.6 is 0 Å². The summed E-state index contributed by atoms with van der Waals surface area (Å²) in [5.74, 6) is 0.313. The van der Waals surface area contributed by atoms with E-state index in [4.69, 9.17) is 4.74 Å².